The zero-order valence-corrected chi connectivity index (χ0v) is 34.3. The fraction of sp³-hybridized carbons (Fsp3) is 0.115. The molecule has 4 amide bonds. The highest BCUT2D eigenvalue weighted by Crippen LogP contribution is 2.49. The molecule has 12 nitrogen and oxygen atoms in total. The number of aromatic nitrogens is 2. The first-order valence-electron chi connectivity index (χ1n) is 21.3. The van der Waals surface area contributed by atoms with E-state index >= 15 is 0 Å². The average molecular weight is 841 g/mol. The fourth-order valence-corrected chi connectivity index (χ4v) is 9.15. The second-order valence-electron chi connectivity index (χ2n) is 16.5. The summed E-state index contributed by atoms with van der Waals surface area (Å²) in [6, 6.07) is 47.3. The first-order valence-corrected chi connectivity index (χ1v) is 21.3. The van der Waals surface area contributed by atoms with Crippen LogP contribution in [0, 0.1) is 11.8 Å². The van der Waals surface area contributed by atoms with Crippen LogP contribution in [0.25, 0.3) is 44.3 Å². The van der Waals surface area contributed by atoms with Crippen molar-refractivity contribution >= 4 is 69.2 Å². The van der Waals surface area contributed by atoms with E-state index in [1.54, 1.807) is 24.6 Å². The molecule has 6 aromatic carbocycles. The monoisotopic (exact) mass is 840 g/mol. The van der Waals surface area contributed by atoms with Gasteiger partial charge in [-0.15, -0.1) is 0 Å². The molecule has 4 heterocycles. The number of amides is 4. The van der Waals surface area contributed by atoms with Gasteiger partial charge in [-0.1, -0.05) is 121 Å². The topological polar surface area (TPSA) is 173 Å². The van der Waals surface area contributed by atoms with Gasteiger partial charge in [-0.05, 0) is 71.2 Å². The Hall–Kier alpha value is -8.38. The van der Waals surface area contributed by atoms with E-state index in [0.717, 1.165) is 68.3 Å². The smallest absolute Gasteiger partial charge is 0.272 e. The van der Waals surface area contributed by atoms with E-state index < -0.39 is 0 Å². The summed E-state index contributed by atoms with van der Waals surface area (Å²) in [4.78, 5) is 58.1. The van der Waals surface area contributed by atoms with Crippen LogP contribution in [0.4, 0.5) is 11.4 Å². The molecule has 312 valence electrons. The molecule has 6 N–H and O–H groups in total. The van der Waals surface area contributed by atoms with Gasteiger partial charge in [0.2, 0.25) is 11.8 Å². The van der Waals surface area contributed by atoms with Crippen molar-refractivity contribution in [1.82, 2.24) is 20.8 Å². The van der Waals surface area contributed by atoms with Crippen molar-refractivity contribution in [3.8, 4) is 22.5 Å². The van der Waals surface area contributed by atoms with Crippen molar-refractivity contribution in [2.24, 2.45) is 22.0 Å². The predicted molar refractivity (Wildman–Crippen MR) is 249 cm³/mol. The van der Waals surface area contributed by atoms with Gasteiger partial charge < -0.3 is 20.6 Å². The minimum atomic E-state index is -0.298. The van der Waals surface area contributed by atoms with E-state index in [1.807, 2.05) is 109 Å². The summed E-state index contributed by atoms with van der Waals surface area (Å²) in [5.74, 6) is -0.245. The van der Waals surface area contributed by atoms with Crippen molar-refractivity contribution in [2.45, 2.75) is 24.7 Å². The third-order valence-electron chi connectivity index (χ3n) is 12.5. The number of carbonyl (C=O) groups is 4. The molecule has 2 saturated carbocycles. The number of hydrogen-bond acceptors (Lipinski definition) is 6. The summed E-state index contributed by atoms with van der Waals surface area (Å²) in [7, 11) is 0. The van der Waals surface area contributed by atoms with E-state index in [9.17, 15) is 19.2 Å². The molecule has 4 aliphatic rings. The van der Waals surface area contributed by atoms with Gasteiger partial charge in [-0.2, -0.15) is 10.2 Å². The number of hydrazone groups is 2. The van der Waals surface area contributed by atoms with Crippen LogP contribution in [0.2, 0.25) is 0 Å². The number of anilines is 2. The second-order valence-corrected chi connectivity index (χ2v) is 16.5. The number of rotatable bonds is 8. The first-order chi connectivity index (χ1) is 31.4. The Morgan fingerprint density at radius 2 is 0.875 bits per heavy atom. The zero-order valence-electron chi connectivity index (χ0n) is 34.3. The molecular formula is C52H40N8O4. The number of benzene rings is 6. The number of nitrogens with one attached hydrogen (secondary N) is 6. The van der Waals surface area contributed by atoms with Crippen molar-refractivity contribution in [3.63, 3.8) is 0 Å². The Kier molecular flexibility index (Phi) is 9.53. The standard InChI is InChI=1S/2C26H20N4O2/c2*31-25(19-13-18(19)15-7-3-1-4-8-15)28-17-11-20-23-21(14-27-30-26(20)32)24(29-22(23)12-17)16-9-5-2-6-10-16/h2*1-12,14,18-19,29H,13H2,(H,28,31)(H,30,32)/t2*18-,19+/m10/s1. The van der Waals surface area contributed by atoms with Crippen LogP contribution in [-0.4, -0.2) is 46.0 Å². The number of nitrogens with zero attached hydrogens (tertiary/aromatic N) is 2. The second kappa shape index (κ2) is 15.8. The van der Waals surface area contributed by atoms with Gasteiger partial charge >= 0.3 is 0 Å². The summed E-state index contributed by atoms with van der Waals surface area (Å²) in [6.45, 7) is 0. The molecule has 12 heteroatoms. The lowest BCUT2D eigenvalue weighted by atomic mass is 10.0. The molecule has 2 aliphatic heterocycles. The maximum Gasteiger partial charge on any atom is 0.272 e. The lowest BCUT2D eigenvalue weighted by Gasteiger charge is -2.08. The largest absolute Gasteiger partial charge is 0.354 e. The highest BCUT2D eigenvalue weighted by molar-refractivity contribution is 6.19. The highest BCUT2D eigenvalue weighted by Gasteiger charge is 2.45. The van der Waals surface area contributed by atoms with E-state index in [1.165, 1.54) is 11.1 Å². The van der Waals surface area contributed by atoms with Crippen LogP contribution in [0.1, 0.15) is 67.6 Å². The van der Waals surface area contributed by atoms with E-state index in [-0.39, 0.29) is 47.3 Å². The third kappa shape index (κ3) is 7.20. The van der Waals surface area contributed by atoms with Crippen LogP contribution in [0.5, 0.6) is 0 Å². The van der Waals surface area contributed by atoms with Gasteiger partial charge in [-0.25, -0.2) is 10.9 Å². The molecular weight excluding hydrogens is 801 g/mol. The van der Waals surface area contributed by atoms with Crippen molar-refractivity contribution < 1.29 is 19.2 Å². The molecule has 4 atom stereocenters. The van der Waals surface area contributed by atoms with Gasteiger partial charge in [0.15, 0.2) is 0 Å². The fourth-order valence-electron chi connectivity index (χ4n) is 9.15. The normalized spacial score (nSPS) is 18.8. The van der Waals surface area contributed by atoms with Crippen molar-refractivity contribution in [3.05, 3.63) is 179 Å². The number of hydrogen-bond donors (Lipinski definition) is 6. The molecule has 0 radical (unpaired) electrons. The van der Waals surface area contributed by atoms with Crippen LogP contribution >= 0.6 is 0 Å². The highest BCUT2D eigenvalue weighted by atomic mass is 16.2. The first kappa shape index (κ1) is 38.5. The molecule has 64 heavy (non-hydrogen) atoms. The van der Waals surface area contributed by atoms with Gasteiger partial charge in [-0.3, -0.25) is 19.2 Å². The Balaban J connectivity index is 0.000000143. The van der Waals surface area contributed by atoms with E-state index in [2.05, 4.69) is 65.9 Å². The maximum absolute atomic E-state index is 12.9. The molecule has 0 unspecified atom stereocenters. The minimum absolute atomic E-state index is 0.0225. The molecule has 2 aromatic heterocycles. The summed E-state index contributed by atoms with van der Waals surface area (Å²) in [6.07, 6.45) is 5.01. The summed E-state index contributed by atoms with van der Waals surface area (Å²) in [5, 5.41) is 15.8. The molecule has 8 aromatic rings. The van der Waals surface area contributed by atoms with Crippen LogP contribution in [0.15, 0.2) is 156 Å². The van der Waals surface area contributed by atoms with Gasteiger partial charge in [0.1, 0.15) is 0 Å². The lowest BCUT2D eigenvalue weighted by Crippen LogP contribution is -2.18. The van der Waals surface area contributed by atoms with Crippen LogP contribution < -0.4 is 21.5 Å². The number of H-pyrrole nitrogens is 2. The summed E-state index contributed by atoms with van der Waals surface area (Å²) >= 11 is 0. The molecule has 2 aliphatic carbocycles. The van der Waals surface area contributed by atoms with Crippen LogP contribution in [-0.2, 0) is 9.59 Å². The summed E-state index contributed by atoms with van der Waals surface area (Å²) in [5.41, 5.74) is 16.7. The predicted octanol–water partition coefficient (Wildman–Crippen LogP) is 9.31. The molecule has 0 bridgehead atoms. The van der Waals surface area contributed by atoms with Crippen molar-refractivity contribution in [1.29, 1.82) is 0 Å². The molecule has 12 rings (SSSR count). The Morgan fingerprint density at radius 1 is 0.500 bits per heavy atom. The van der Waals surface area contributed by atoms with E-state index in [4.69, 9.17) is 0 Å². The number of aromatic amines is 2. The van der Waals surface area contributed by atoms with Crippen LogP contribution in [0.3, 0.4) is 0 Å². The molecule has 2 fully saturated rings. The van der Waals surface area contributed by atoms with Gasteiger partial charge in [0, 0.05) is 56.1 Å². The minimum Gasteiger partial charge on any atom is -0.354 e. The third-order valence-corrected chi connectivity index (χ3v) is 12.5. The van der Waals surface area contributed by atoms with Crippen molar-refractivity contribution in [2.75, 3.05) is 10.6 Å². The molecule has 0 spiro atoms. The zero-order chi connectivity index (χ0) is 43.3. The number of carbonyl (C=O) groups excluding carboxylic acids is 4. The quantitative estimate of drug-likeness (QED) is 0.0896. The SMILES string of the molecule is O=C1NN=Cc2c(-c3ccccc3)[nH]c3cc(NC(=O)[C@@H]4C[C@H]4c4ccccc4)cc1c23.O=C1NN=Cc2c(-c3ccccc3)[nH]c3cc(NC(=O)[C@H]4C[C@@H]4c4ccccc4)cc1c23. The Labute approximate surface area is 366 Å². The Bertz CT molecular complexity index is 3000. The average Bonchev–Trinajstić information content (AvgIpc) is 4.26. The van der Waals surface area contributed by atoms with Gasteiger partial charge in [0.05, 0.1) is 34.9 Å². The summed E-state index contributed by atoms with van der Waals surface area (Å²) < 4.78 is 0. The maximum atomic E-state index is 12.9. The van der Waals surface area contributed by atoms with Gasteiger partial charge in [0.25, 0.3) is 11.8 Å². The Morgan fingerprint density at radius 3 is 1.27 bits per heavy atom. The van der Waals surface area contributed by atoms with E-state index in [0.29, 0.717) is 22.5 Å². The molecule has 0 saturated heterocycles. The lowest BCUT2D eigenvalue weighted by molar-refractivity contribution is -0.118.